The molecule has 1 aromatic carbocycles. The van der Waals surface area contributed by atoms with Gasteiger partial charge in [0.2, 0.25) is 11.8 Å². The lowest BCUT2D eigenvalue weighted by Crippen LogP contribution is -2.06. The van der Waals surface area contributed by atoms with Crippen molar-refractivity contribution < 1.29 is 9.47 Å². The van der Waals surface area contributed by atoms with Gasteiger partial charge in [-0.2, -0.15) is 0 Å². The van der Waals surface area contributed by atoms with Crippen molar-refractivity contribution in [1.29, 1.82) is 0 Å². The Morgan fingerprint density at radius 2 is 1.45 bits per heavy atom. The van der Waals surface area contributed by atoms with Crippen molar-refractivity contribution in [2.24, 2.45) is 9.98 Å². The van der Waals surface area contributed by atoms with Gasteiger partial charge in [-0.3, -0.25) is 0 Å². The van der Waals surface area contributed by atoms with Gasteiger partial charge in [-0.25, -0.2) is 9.98 Å². The number of nitrogens with zero attached hydrogens (tertiary/aromatic N) is 2. The molecule has 2 unspecified atom stereocenters. The zero-order valence-electron chi connectivity index (χ0n) is 12.0. The molecule has 0 N–H and O–H groups in total. The van der Waals surface area contributed by atoms with Gasteiger partial charge in [0.05, 0.1) is 12.1 Å². The van der Waals surface area contributed by atoms with E-state index in [-0.39, 0.29) is 12.1 Å². The number of hydrogen-bond acceptors (Lipinski definition) is 4. The highest BCUT2D eigenvalue weighted by Gasteiger charge is 2.21. The summed E-state index contributed by atoms with van der Waals surface area (Å²) in [5.41, 5.74) is 2.01. The molecule has 2 heterocycles. The van der Waals surface area contributed by atoms with Gasteiger partial charge in [-0.15, -0.1) is 0 Å². The highest BCUT2D eigenvalue weighted by atomic mass is 16.5. The fourth-order valence-corrected chi connectivity index (χ4v) is 2.35. The molecule has 2 atom stereocenters. The summed E-state index contributed by atoms with van der Waals surface area (Å²) in [4.78, 5) is 9.18. The van der Waals surface area contributed by atoms with Crippen molar-refractivity contribution in [2.45, 2.75) is 38.8 Å². The lowest BCUT2D eigenvalue weighted by Gasteiger charge is -2.05. The van der Waals surface area contributed by atoms with E-state index in [9.17, 15) is 0 Å². The van der Waals surface area contributed by atoms with E-state index in [0.29, 0.717) is 13.2 Å². The average molecular weight is 272 g/mol. The summed E-state index contributed by atoms with van der Waals surface area (Å²) < 4.78 is 11.3. The monoisotopic (exact) mass is 272 g/mol. The van der Waals surface area contributed by atoms with Crippen molar-refractivity contribution in [2.75, 3.05) is 13.2 Å². The molecule has 0 saturated carbocycles. The van der Waals surface area contributed by atoms with Gasteiger partial charge in [0, 0.05) is 11.1 Å². The predicted molar refractivity (Wildman–Crippen MR) is 79.6 cm³/mol. The molecule has 0 radical (unpaired) electrons. The Kier molecular flexibility index (Phi) is 3.72. The lowest BCUT2D eigenvalue weighted by molar-refractivity contribution is 0.314. The van der Waals surface area contributed by atoms with Crippen LogP contribution in [0.1, 0.15) is 37.8 Å². The lowest BCUT2D eigenvalue weighted by atomic mass is 10.1. The van der Waals surface area contributed by atoms with Crippen LogP contribution in [0.25, 0.3) is 0 Å². The smallest absolute Gasteiger partial charge is 0.216 e. The number of aliphatic imine (C=N–C) groups is 2. The van der Waals surface area contributed by atoms with E-state index in [0.717, 1.165) is 35.8 Å². The van der Waals surface area contributed by atoms with Gasteiger partial charge in [-0.1, -0.05) is 19.9 Å². The van der Waals surface area contributed by atoms with Crippen LogP contribution in [-0.4, -0.2) is 37.1 Å². The van der Waals surface area contributed by atoms with Gasteiger partial charge in [0.1, 0.15) is 13.2 Å². The molecule has 0 amide bonds. The number of rotatable bonds is 4. The molecular formula is C16H20N2O2. The molecule has 4 nitrogen and oxygen atoms in total. The minimum absolute atomic E-state index is 0.290. The molecule has 0 bridgehead atoms. The summed E-state index contributed by atoms with van der Waals surface area (Å²) in [6.45, 7) is 5.63. The van der Waals surface area contributed by atoms with E-state index in [2.05, 4.69) is 23.8 Å². The van der Waals surface area contributed by atoms with Gasteiger partial charge < -0.3 is 9.47 Å². The van der Waals surface area contributed by atoms with Gasteiger partial charge in [-0.05, 0) is 31.0 Å². The van der Waals surface area contributed by atoms with Gasteiger partial charge in [0.25, 0.3) is 0 Å². The summed E-state index contributed by atoms with van der Waals surface area (Å²) in [6.07, 6.45) is 2.02. The van der Waals surface area contributed by atoms with Gasteiger partial charge in [0.15, 0.2) is 0 Å². The Labute approximate surface area is 119 Å². The van der Waals surface area contributed by atoms with E-state index >= 15 is 0 Å². The first-order valence-corrected chi connectivity index (χ1v) is 7.32. The van der Waals surface area contributed by atoms with Crippen LogP contribution in [0, 0.1) is 0 Å². The van der Waals surface area contributed by atoms with E-state index < -0.39 is 0 Å². The summed E-state index contributed by atoms with van der Waals surface area (Å²) in [6, 6.07) is 8.67. The Bertz CT molecular complexity index is 506. The maximum absolute atomic E-state index is 5.67. The zero-order chi connectivity index (χ0) is 13.9. The van der Waals surface area contributed by atoms with E-state index in [1.807, 2.05) is 24.3 Å². The minimum atomic E-state index is 0.290. The number of ether oxygens (including phenoxy) is 2. The van der Waals surface area contributed by atoms with Gasteiger partial charge >= 0.3 is 0 Å². The summed E-state index contributed by atoms with van der Waals surface area (Å²) in [7, 11) is 0. The average Bonchev–Trinajstić information content (AvgIpc) is 3.16. The second-order valence-electron chi connectivity index (χ2n) is 5.20. The van der Waals surface area contributed by atoms with Crippen LogP contribution in [0.3, 0.4) is 0 Å². The van der Waals surface area contributed by atoms with Crippen molar-refractivity contribution in [3.63, 3.8) is 0 Å². The molecule has 20 heavy (non-hydrogen) atoms. The number of benzene rings is 1. The second kappa shape index (κ2) is 5.65. The van der Waals surface area contributed by atoms with Crippen LogP contribution < -0.4 is 0 Å². The first kappa shape index (κ1) is 13.2. The fourth-order valence-electron chi connectivity index (χ4n) is 2.35. The molecule has 2 aliphatic heterocycles. The molecule has 106 valence electrons. The minimum Gasteiger partial charge on any atom is -0.475 e. The Hall–Kier alpha value is -1.84. The predicted octanol–water partition coefficient (Wildman–Crippen LogP) is 2.80. The molecule has 0 spiro atoms. The highest BCUT2D eigenvalue weighted by Crippen LogP contribution is 2.18. The molecule has 1 aromatic rings. The van der Waals surface area contributed by atoms with Crippen LogP contribution in [0.5, 0.6) is 0 Å². The standard InChI is InChI=1S/C16H20N2O2/c1-3-13-9-19-15(17-13)11-6-5-7-12(8-11)16-18-14(4-2)10-20-16/h5-8,13-14H,3-4,9-10H2,1-2H3. The third-order valence-electron chi connectivity index (χ3n) is 3.72. The van der Waals surface area contributed by atoms with E-state index in [4.69, 9.17) is 9.47 Å². The third-order valence-corrected chi connectivity index (χ3v) is 3.72. The maximum atomic E-state index is 5.67. The Balaban J connectivity index is 1.84. The van der Waals surface area contributed by atoms with Crippen LogP contribution in [-0.2, 0) is 9.47 Å². The largest absolute Gasteiger partial charge is 0.475 e. The fraction of sp³-hybridized carbons (Fsp3) is 0.500. The normalized spacial score (nSPS) is 24.9. The summed E-state index contributed by atoms with van der Waals surface area (Å²) in [5.74, 6) is 1.48. The molecule has 4 heteroatoms. The van der Waals surface area contributed by atoms with E-state index in [1.54, 1.807) is 0 Å². The van der Waals surface area contributed by atoms with Crippen LogP contribution in [0.2, 0.25) is 0 Å². The SMILES string of the molecule is CCC1COC(c2cccc(C3=NC(CC)CO3)c2)=N1. The molecule has 0 aromatic heterocycles. The second-order valence-corrected chi connectivity index (χ2v) is 5.20. The molecule has 0 aliphatic carbocycles. The van der Waals surface area contributed by atoms with E-state index in [1.165, 1.54) is 0 Å². The maximum Gasteiger partial charge on any atom is 0.216 e. The first-order valence-electron chi connectivity index (χ1n) is 7.32. The van der Waals surface area contributed by atoms with Crippen molar-refractivity contribution in [3.05, 3.63) is 35.4 Å². The van der Waals surface area contributed by atoms with Crippen molar-refractivity contribution >= 4 is 11.8 Å². The van der Waals surface area contributed by atoms with Crippen molar-refractivity contribution in [1.82, 2.24) is 0 Å². The van der Waals surface area contributed by atoms with Crippen LogP contribution in [0.4, 0.5) is 0 Å². The summed E-state index contributed by atoms with van der Waals surface area (Å²) >= 11 is 0. The zero-order valence-corrected chi connectivity index (χ0v) is 12.0. The Morgan fingerprint density at radius 1 is 0.950 bits per heavy atom. The Morgan fingerprint density at radius 3 is 1.85 bits per heavy atom. The summed E-state index contributed by atoms with van der Waals surface area (Å²) in [5, 5.41) is 0. The first-order chi connectivity index (χ1) is 9.80. The third kappa shape index (κ3) is 2.55. The number of hydrogen-bond donors (Lipinski definition) is 0. The highest BCUT2D eigenvalue weighted by molar-refractivity contribution is 6.00. The molecular weight excluding hydrogens is 252 g/mol. The molecule has 0 fully saturated rings. The molecule has 3 rings (SSSR count). The molecule has 2 aliphatic rings. The van der Waals surface area contributed by atoms with Crippen LogP contribution >= 0.6 is 0 Å². The molecule has 0 saturated heterocycles. The van der Waals surface area contributed by atoms with Crippen LogP contribution in [0.15, 0.2) is 34.3 Å². The van der Waals surface area contributed by atoms with Crippen molar-refractivity contribution in [3.8, 4) is 0 Å². The topological polar surface area (TPSA) is 43.2 Å². The quantitative estimate of drug-likeness (QED) is 0.846.